The lowest BCUT2D eigenvalue weighted by Crippen LogP contribution is -2.09. The molecule has 0 radical (unpaired) electrons. The van der Waals surface area contributed by atoms with Crippen LogP contribution in [0, 0.1) is 18.3 Å². The molecule has 0 atom stereocenters. The minimum Gasteiger partial charge on any atom is -0.473 e. The number of pyridine rings is 1. The van der Waals surface area contributed by atoms with Crippen molar-refractivity contribution in [3.63, 3.8) is 0 Å². The number of benzene rings is 1. The summed E-state index contributed by atoms with van der Waals surface area (Å²) >= 11 is 0. The lowest BCUT2D eigenvalue weighted by Gasteiger charge is -2.08. The average Bonchev–Trinajstić information content (AvgIpc) is 3.00. The zero-order valence-electron chi connectivity index (χ0n) is 16.0. The number of aromatic nitrogens is 2. The predicted molar refractivity (Wildman–Crippen MR) is 106 cm³/mol. The molecule has 0 saturated carbocycles. The van der Waals surface area contributed by atoms with E-state index in [4.69, 9.17) is 9.47 Å². The first-order chi connectivity index (χ1) is 13.5. The van der Waals surface area contributed by atoms with E-state index in [-0.39, 0.29) is 18.3 Å². The minimum absolute atomic E-state index is 0.0975. The molecule has 3 aromatic rings. The van der Waals surface area contributed by atoms with Crippen molar-refractivity contribution < 1.29 is 14.3 Å². The van der Waals surface area contributed by atoms with Crippen LogP contribution in [0.5, 0.6) is 5.88 Å². The number of nitrogens with zero attached hydrogens (tertiary/aromatic N) is 3. The monoisotopic (exact) mass is 375 g/mol. The summed E-state index contributed by atoms with van der Waals surface area (Å²) in [6.45, 7) is 5.83. The van der Waals surface area contributed by atoms with E-state index in [2.05, 4.69) is 4.98 Å². The molecule has 0 amide bonds. The van der Waals surface area contributed by atoms with Gasteiger partial charge in [0.15, 0.2) is 0 Å². The lowest BCUT2D eigenvalue weighted by atomic mass is 10.2. The Morgan fingerprint density at radius 3 is 2.68 bits per heavy atom. The third kappa shape index (κ3) is 4.38. The van der Waals surface area contributed by atoms with Crippen LogP contribution in [0.25, 0.3) is 11.7 Å². The number of hydrogen-bond acceptors (Lipinski definition) is 5. The van der Waals surface area contributed by atoms with Crippen LogP contribution < -0.4 is 4.74 Å². The fourth-order valence-electron chi connectivity index (χ4n) is 2.66. The molecule has 0 unspecified atom stereocenters. The Hall–Kier alpha value is -3.59. The second-order valence-electron chi connectivity index (χ2n) is 6.64. The second-order valence-corrected chi connectivity index (χ2v) is 6.64. The van der Waals surface area contributed by atoms with Gasteiger partial charge in [-0.25, -0.2) is 4.79 Å². The summed E-state index contributed by atoms with van der Waals surface area (Å²) in [6, 6.07) is 15.0. The van der Waals surface area contributed by atoms with Crippen LogP contribution in [0.1, 0.15) is 30.7 Å². The van der Waals surface area contributed by atoms with Crippen LogP contribution in [0.15, 0.2) is 54.2 Å². The van der Waals surface area contributed by atoms with Gasteiger partial charge in [0.1, 0.15) is 29.6 Å². The van der Waals surface area contributed by atoms with Crippen LogP contribution in [0.2, 0.25) is 0 Å². The van der Waals surface area contributed by atoms with E-state index in [1.165, 1.54) is 6.08 Å². The van der Waals surface area contributed by atoms with Gasteiger partial charge in [0.2, 0.25) is 5.88 Å². The van der Waals surface area contributed by atoms with Crippen LogP contribution in [-0.4, -0.2) is 21.5 Å². The number of hydrogen-bond donors (Lipinski definition) is 0. The summed E-state index contributed by atoms with van der Waals surface area (Å²) in [5.74, 6) is -0.325. The van der Waals surface area contributed by atoms with Crippen molar-refractivity contribution in [1.29, 1.82) is 5.26 Å². The number of nitriles is 1. The van der Waals surface area contributed by atoms with Crippen LogP contribution in [-0.2, 0) is 16.1 Å². The Labute approximate surface area is 163 Å². The smallest absolute Gasteiger partial charge is 0.349 e. The SMILES string of the molecule is Cc1ccc2nc(OC(C)C)c(C=C(C#N)C(=O)OCc3ccccc3)n2c1. The summed E-state index contributed by atoms with van der Waals surface area (Å²) in [4.78, 5) is 16.9. The van der Waals surface area contributed by atoms with Gasteiger partial charge in [0, 0.05) is 6.20 Å². The third-order valence-corrected chi connectivity index (χ3v) is 3.95. The quantitative estimate of drug-likeness (QED) is 0.369. The normalized spacial score (nSPS) is 11.5. The van der Waals surface area contributed by atoms with Gasteiger partial charge in [-0.3, -0.25) is 4.40 Å². The molecule has 0 aliphatic rings. The molecule has 28 heavy (non-hydrogen) atoms. The Bertz CT molecular complexity index is 1060. The van der Waals surface area contributed by atoms with Crippen LogP contribution in [0.3, 0.4) is 0 Å². The molecule has 0 N–H and O–H groups in total. The molecule has 0 aliphatic heterocycles. The number of carbonyl (C=O) groups is 1. The van der Waals surface area contributed by atoms with Crippen molar-refractivity contribution in [3.05, 3.63) is 71.1 Å². The molecule has 1 aromatic carbocycles. The number of rotatable bonds is 6. The molecule has 0 saturated heterocycles. The van der Waals surface area contributed by atoms with E-state index in [1.807, 2.05) is 75.5 Å². The highest BCUT2D eigenvalue weighted by molar-refractivity contribution is 5.98. The fourth-order valence-corrected chi connectivity index (χ4v) is 2.66. The van der Waals surface area contributed by atoms with Crippen molar-refractivity contribution in [3.8, 4) is 11.9 Å². The molecular formula is C22H21N3O3. The predicted octanol–water partition coefficient (Wildman–Crippen LogP) is 4.08. The highest BCUT2D eigenvalue weighted by Crippen LogP contribution is 2.25. The molecule has 0 bridgehead atoms. The molecule has 142 valence electrons. The van der Waals surface area contributed by atoms with Crippen LogP contribution in [0.4, 0.5) is 0 Å². The lowest BCUT2D eigenvalue weighted by molar-refractivity contribution is -0.139. The van der Waals surface area contributed by atoms with E-state index in [0.29, 0.717) is 17.2 Å². The van der Waals surface area contributed by atoms with Gasteiger partial charge in [0.05, 0.1) is 6.10 Å². The molecule has 6 nitrogen and oxygen atoms in total. The maximum Gasteiger partial charge on any atom is 0.349 e. The van der Waals surface area contributed by atoms with Crippen LogP contribution >= 0.6 is 0 Å². The van der Waals surface area contributed by atoms with E-state index in [9.17, 15) is 10.1 Å². The van der Waals surface area contributed by atoms with Crippen molar-refractivity contribution in [2.75, 3.05) is 0 Å². The molecular weight excluding hydrogens is 354 g/mol. The van der Waals surface area contributed by atoms with Gasteiger partial charge in [-0.05, 0) is 44.0 Å². The van der Waals surface area contributed by atoms with Gasteiger partial charge in [-0.2, -0.15) is 10.2 Å². The molecule has 0 aliphatic carbocycles. The first-order valence-corrected chi connectivity index (χ1v) is 8.96. The van der Waals surface area contributed by atoms with Gasteiger partial charge in [0.25, 0.3) is 0 Å². The number of ether oxygens (including phenoxy) is 2. The van der Waals surface area contributed by atoms with E-state index >= 15 is 0 Å². The summed E-state index contributed by atoms with van der Waals surface area (Å²) < 4.78 is 12.9. The van der Waals surface area contributed by atoms with Gasteiger partial charge in [-0.15, -0.1) is 0 Å². The first kappa shape index (κ1) is 19.2. The van der Waals surface area contributed by atoms with Crippen molar-refractivity contribution >= 4 is 17.7 Å². The first-order valence-electron chi connectivity index (χ1n) is 8.96. The number of carbonyl (C=O) groups excluding carboxylic acids is 1. The molecule has 0 spiro atoms. The Balaban J connectivity index is 1.94. The molecule has 6 heteroatoms. The van der Waals surface area contributed by atoms with Crippen molar-refractivity contribution in [2.45, 2.75) is 33.5 Å². The van der Waals surface area contributed by atoms with Gasteiger partial charge in [-0.1, -0.05) is 36.4 Å². The highest BCUT2D eigenvalue weighted by Gasteiger charge is 2.18. The fraction of sp³-hybridized carbons (Fsp3) is 0.227. The summed E-state index contributed by atoms with van der Waals surface area (Å²) in [6.07, 6.45) is 3.24. The molecule has 2 heterocycles. The third-order valence-electron chi connectivity index (χ3n) is 3.95. The Kier molecular flexibility index (Phi) is 5.75. The van der Waals surface area contributed by atoms with E-state index < -0.39 is 5.97 Å². The summed E-state index contributed by atoms with van der Waals surface area (Å²) in [5.41, 5.74) is 2.94. The molecule has 0 fully saturated rings. The van der Waals surface area contributed by atoms with Gasteiger partial charge >= 0.3 is 5.97 Å². The summed E-state index contributed by atoms with van der Waals surface area (Å²) in [5, 5.41) is 9.50. The maximum atomic E-state index is 12.4. The Morgan fingerprint density at radius 2 is 2.00 bits per heavy atom. The number of aryl methyl sites for hydroxylation is 1. The van der Waals surface area contributed by atoms with Crippen molar-refractivity contribution in [1.82, 2.24) is 9.38 Å². The number of imidazole rings is 1. The standard InChI is InChI=1S/C22H21N3O3/c1-15(2)28-21-19(25-13-16(3)9-10-20(25)24-21)11-18(12-23)22(26)27-14-17-7-5-4-6-8-17/h4-11,13,15H,14H2,1-3H3. The number of esters is 1. The Morgan fingerprint density at radius 1 is 1.25 bits per heavy atom. The van der Waals surface area contributed by atoms with Crippen molar-refractivity contribution in [2.24, 2.45) is 0 Å². The second kappa shape index (κ2) is 8.40. The zero-order chi connectivity index (χ0) is 20.1. The highest BCUT2D eigenvalue weighted by atomic mass is 16.5. The largest absolute Gasteiger partial charge is 0.473 e. The van der Waals surface area contributed by atoms with E-state index in [1.54, 1.807) is 4.40 Å². The molecule has 2 aromatic heterocycles. The zero-order valence-corrected chi connectivity index (χ0v) is 16.0. The average molecular weight is 375 g/mol. The maximum absolute atomic E-state index is 12.4. The minimum atomic E-state index is -0.690. The topological polar surface area (TPSA) is 76.6 Å². The van der Waals surface area contributed by atoms with Gasteiger partial charge < -0.3 is 9.47 Å². The van der Waals surface area contributed by atoms with E-state index in [0.717, 1.165) is 11.1 Å². The summed E-state index contributed by atoms with van der Waals surface area (Å²) in [7, 11) is 0. The molecule has 3 rings (SSSR count). The number of fused-ring (bicyclic) bond motifs is 1.